The molecule has 0 atom stereocenters. The summed E-state index contributed by atoms with van der Waals surface area (Å²) in [5, 5.41) is 24.9. The first-order valence-electron chi connectivity index (χ1n) is 6.46. The first-order valence-corrected chi connectivity index (χ1v) is 6.84. The number of rotatable bonds is 4. The second-order valence-electron chi connectivity index (χ2n) is 4.60. The molecule has 0 unspecified atom stereocenters. The average molecular weight is 334 g/mol. The van der Waals surface area contributed by atoms with Crippen LogP contribution in [-0.4, -0.2) is 21.6 Å². The minimum atomic E-state index is -0.750. The van der Waals surface area contributed by atoms with E-state index in [9.17, 15) is 20.0 Å². The summed E-state index contributed by atoms with van der Waals surface area (Å²) in [7, 11) is 0. The lowest BCUT2D eigenvalue weighted by Gasteiger charge is -2.05. The summed E-state index contributed by atoms with van der Waals surface area (Å²) in [6.45, 7) is 1.68. The summed E-state index contributed by atoms with van der Waals surface area (Å²) < 4.78 is 0. The zero-order valence-corrected chi connectivity index (χ0v) is 12.7. The molecule has 118 valence electrons. The maximum Gasteiger partial charge on any atom is 0.275 e. The number of hydrogen-bond donors (Lipinski definition) is 2. The van der Waals surface area contributed by atoms with Gasteiger partial charge in [0.2, 0.25) is 0 Å². The van der Waals surface area contributed by atoms with Gasteiger partial charge in [0.1, 0.15) is 5.75 Å². The standard InChI is InChI=1S/C15H12ClN3O4/c1-9(10-2-4-11(16)5-3-10)17-18-15(21)13-8-12(19(22)23)6-7-14(13)20/h2-8,20H,1H3,(H,18,21)/b17-9-. The van der Waals surface area contributed by atoms with E-state index in [2.05, 4.69) is 10.5 Å². The van der Waals surface area contributed by atoms with Crippen molar-refractivity contribution >= 4 is 28.9 Å². The molecule has 2 rings (SSSR count). The minimum Gasteiger partial charge on any atom is -0.507 e. The number of amides is 1. The molecule has 0 heterocycles. The quantitative estimate of drug-likeness (QED) is 0.509. The van der Waals surface area contributed by atoms with E-state index in [-0.39, 0.29) is 17.0 Å². The lowest BCUT2D eigenvalue weighted by molar-refractivity contribution is -0.384. The summed E-state index contributed by atoms with van der Waals surface area (Å²) in [5.74, 6) is -1.12. The van der Waals surface area contributed by atoms with Crippen molar-refractivity contribution in [2.75, 3.05) is 0 Å². The van der Waals surface area contributed by atoms with Crippen LogP contribution in [0.2, 0.25) is 5.02 Å². The number of aromatic hydroxyl groups is 1. The Morgan fingerprint density at radius 2 is 1.91 bits per heavy atom. The largest absolute Gasteiger partial charge is 0.507 e. The van der Waals surface area contributed by atoms with Crippen LogP contribution >= 0.6 is 11.6 Å². The molecule has 0 aliphatic heterocycles. The molecule has 0 bridgehead atoms. The van der Waals surface area contributed by atoms with E-state index in [4.69, 9.17) is 11.6 Å². The normalized spacial score (nSPS) is 11.1. The van der Waals surface area contributed by atoms with Gasteiger partial charge in [0.15, 0.2) is 0 Å². The number of nitro benzene ring substituents is 1. The predicted octanol–water partition coefficient (Wildman–Crippen LogP) is 3.11. The minimum absolute atomic E-state index is 0.230. The van der Waals surface area contributed by atoms with Crippen LogP contribution in [0, 0.1) is 10.1 Å². The van der Waals surface area contributed by atoms with Gasteiger partial charge in [0, 0.05) is 17.2 Å². The first-order chi connectivity index (χ1) is 10.9. The smallest absolute Gasteiger partial charge is 0.275 e. The fraction of sp³-hybridized carbons (Fsp3) is 0.0667. The average Bonchev–Trinajstić information content (AvgIpc) is 2.53. The molecule has 0 saturated heterocycles. The lowest BCUT2D eigenvalue weighted by Crippen LogP contribution is -2.19. The Morgan fingerprint density at radius 3 is 2.52 bits per heavy atom. The van der Waals surface area contributed by atoms with Gasteiger partial charge in [-0.2, -0.15) is 5.10 Å². The molecule has 2 N–H and O–H groups in total. The molecule has 0 fully saturated rings. The number of nitrogens with one attached hydrogen (secondary N) is 1. The van der Waals surface area contributed by atoms with E-state index in [0.29, 0.717) is 10.7 Å². The molecule has 2 aromatic carbocycles. The molecule has 2 aromatic rings. The first kappa shape index (κ1) is 16.4. The number of carbonyl (C=O) groups is 1. The molecule has 0 saturated carbocycles. The Morgan fingerprint density at radius 1 is 1.26 bits per heavy atom. The van der Waals surface area contributed by atoms with Crippen LogP contribution in [0.4, 0.5) is 5.69 Å². The van der Waals surface area contributed by atoms with Gasteiger partial charge < -0.3 is 5.11 Å². The molecular weight excluding hydrogens is 322 g/mol. The molecule has 0 aromatic heterocycles. The van der Waals surface area contributed by atoms with E-state index >= 15 is 0 Å². The highest BCUT2D eigenvalue weighted by molar-refractivity contribution is 6.30. The number of hydrazone groups is 1. The highest BCUT2D eigenvalue weighted by Gasteiger charge is 2.16. The third-order valence-electron chi connectivity index (χ3n) is 3.02. The van der Waals surface area contributed by atoms with Crippen molar-refractivity contribution in [3.05, 3.63) is 68.7 Å². The van der Waals surface area contributed by atoms with Crippen LogP contribution in [0.1, 0.15) is 22.8 Å². The van der Waals surface area contributed by atoms with Crippen molar-refractivity contribution in [1.29, 1.82) is 0 Å². The highest BCUT2D eigenvalue weighted by atomic mass is 35.5. The number of phenolic OH excluding ortho intramolecular Hbond substituents is 1. The van der Waals surface area contributed by atoms with E-state index in [1.807, 2.05) is 0 Å². The Labute approximate surface area is 136 Å². The maximum absolute atomic E-state index is 12.0. The summed E-state index contributed by atoms with van der Waals surface area (Å²) in [6.07, 6.45) is 0. The van der Waals surface area contributed by atoms with Crippen LogP contribution in [0.15, 0.2) is 47.6 Å². The summed E-state index contributed by atoms with van der Waals surface area (Å²) in [4.78, 5) is 22.1. The maximum atomic E-state index is 12.0. The van der Waals surface area contributed by atoms with Crippen LogP contribution in [0.25, 0.3) is 0 Å². The van der Waals surface area contributed by atoms with Crippen molar-refractivity contribution in [2.45, 2.75) is 6.92 Å². The second-order valence-corrected chi connectivity index (χ2v) is 5.04. The molecule has 8 heteroatoms. The van der Waals surface area contributed by atoms with Crippen molar-refractivity contribution in [3.63, 3.8) is 0 Å². The van der Waals surface area contributed by atoms with Gasteiger partial charge in [-0.1, -0.05) is 23.7 Å². The Hall–Kier alpha value is -2.93. The number of halogens is 1. The van der Waals surface area contributed by atoms with E-state index in [0.717, 1.165) is 23.8 Å². The fourth-order valence-electron chi connectivity index (χ4n) is 1.77. The van der Waals surface area contributed by atoms with E-state index in [1.54, 1.807) is 31.2 Å². The van der Waals surface area contributed by atoms with Crippen LogP contribution in [0.5, 0.6) is 5.75 Å². The fourth-order valence-corrected chi connectivity index (χ4v) is 1.90. The molecule has 23 heavy (non-hydrogen) atoms. The molecule has 0 aliphatic carbocycles. The zero-order valence-electron chi connectivity index (χ0n) is 12.0. The van der Waals surface area contributed by atoms with Crippen LogP contribution < -0.4 is 5.43 Å². The SMILES string of the molecule is C/C(=N/NC(=O)c1cc([N+](=O)[O-])ccc1O)c1ccc(Cl)cc1. The molecule has 0 spiro atoms. The zero-order chi connectivity index (χ0) is 17.0. The number of benzene rings is 2. The van der Waals surface area contributed by atoms with Gasteiger partial charge in [-0.15, -0.1) is 0 Å². The number of carbonyl (C=O) groups excluding carboxylic acids is 1. The lowest BCUT2D eigenvalue weighted by atomic mass is 10.1. The van der Waals surface area contributed by atoms with Crippen molar-refractivity contribution in [1.82, 2.24) is 5.43 Å². The number of nitro groups is 1. The Balaban J connectivity index is 2.19. The van der Waals surface area contributed by atoms with Gasteiger partial charge in [0.05, 0.1) is 16.2 Å². The summed E-state index contributed by atoms with van der Waals surface area (Å²) in [5.41, 5.74) is 2.98. The number of phenols is 1. The van der Waals surface area contributed by atoms with Crippen LogP contribution in [0.3, 0.4) is 0 Å². The number of non-ortho nitro benzene ring substituents is 1. The van der Waals surface area contributed by atoms with Gasteiger partial charge >= 0.3 is 0 Å². The predicted molar refractivity (Wildman–Crippen MR) is 85.9 cm³/mol. The Bertz CT molecular complexity index is 788. The third kappa shape index (κ3) is 4.04. The summed E-state index contributed by atoms with van der Waals surface area (Å²) >= 11 is 5.79. The van der Waals surface area contributed by atoms with Crippen molar-refractivity contribution < 1.29 is 14.8 Å². The Kier molecular flexibility index (Phi) is 4.92. The van der Waals surface area contributed by atoms with Gasteiger partial charge in [-0.05, 0) is 30.7 Å². The third-order valence-corrected chi connectivity index (χ3v) is 3.27. The molecule has 0 aliphatic rings. The second kappa shape index (κ2) is 6.89. The van der Waals surface area contributed by atoms with Crippen molar-refractivity contribution in [3.8, 4) is 5.75 Å². The monoisotopic (exact) mass is 333 g/mol. The topological polar surface area (TPSA) is 105 Å². The highest BCUT2D eigenvalue weighted by Crippen LogP contribution is 2.22. The van der Waals surface area contributed by atoms with Gasteiger partial charge in [0.25, 0.3) is 11.6 Å². The molecule has 0 radical (unpaired) electrons. The molecule has 7 nitrogen and oxygen atoms in total. The molecule has 1 amide bonds. The van der Waals surface area contributed by atoms with Crippen LogP contribution in [-0.2, 0) is 0 Å². The number of hydrogen-bond acceptors (Lipinski definition) is 5. The number of nitrogens with zero attached hydrogens (tertiary/aromatic N) is 2. The van der Waals surface area contributed by atoms with E-state index in [1.165, 1.54) is 0 Å². The van der Waals surface area contributed by atoms with Gasteiger partial charge in [-0.3, -0.25) is 14.9 Å². The van der Waals surface area contributed by atoms with Crippen molar-refractivity contribution in [2.24, 2.45) is 5.10 Å². The summed E-state index contributed by atoms with van der Waals surface area (Å²) in [6, 6.07) is 10.0. The van der Waals surface area contributed by atoms with E-state index < -0.39 is 10.8 Å². The molecular formula is C15H12ClN3O4. The van der Waals surface area contributed by atoms with Gasteiger partial charge in [-0.25, -0.2) is 5.43 Å².